The molecular formula is C19H16BrN3O2. The predicted molar refractivity (Wildman–Crippen MR) is 99.7 cm³/mol. The molecule has 1 N–H and O–H groups in total. The molecule has 6 heteroatoms. The number of nitrogens with one attached hydrogen (secondary N) is 1. The van der Waals surface area contributed by atoms with E-state index in [2.05, 4.69) is 26.5 Å². The molecule has 5 nitrogen and oxygen atoms in total. The molecular weight excluding hydrogens is 382 g/mol. The summed E-state index contributed by atoms with van der Waals surface area (Å²) < 4.78 is 0.811. The molecule has 1 aliphatic carbocycles. The standard InChI is InChI=1S/C19H16BrN3O2/c20-14-5-3-4-13(10-14)18(24)22-21-17-15-6-1-2-7-16(15)23(19(17)25)11-12-8-9-12/h1-7,10,12H,8-9,11H2,(H,22,24)/b21-17+. The van der Waals surface area contributed by atoms with Crippen molar-refractivity contribution in [1.29, 1.82) is 0 Å². The fraction of sp³-hybridized carbons (Fsp3) is 0.211. The number of hydrogen-bond donors (Lipinski definition) is 1. The Labute approximate surface area is 153 Å². The van der Waals surface area contributed by atoms with Crippen LogP contribution in [-0.2, 0) is 4.79 Å². The summed E-state index contributed by atoms with van der Waals surface area (Å²) in [5.74, 6) is 0.0787. The van der Waals surface area contributed by atoms with Crippen LogP contribution in [-0.4, -0.2) is 24.1 Å². The summed E-state index contributed by atoms with van der Waals surface area (Å²) in [6.45, 7) is 0.717. The van der Waals surface area contributed by atoms with E-state index in [0.29, 0.717) is 23.7 Å². The Kier molecular flexibility index (Phi) is 4.13. The number of para-hydroxylation sites is 1. The van der Waals surface area contributed by atoms with Crippen molar-refractivity contribution in [3.05, 3.63) is 64.1 Å². The summed E-state index contributed by atoms with van der Waals surface area (Å²) in [4.78, 5) is 26.8. The third-order valence-corrected chi connectivity index (χ3v) is 4.88. The molecule has 0 aromatic heterocycles. The summed E-state index contributed by atoms with van der Waals surface area (Å²) in [5.41, 5.74) is 4.92. The molecule has 2 amide bonds. The number of carbonyl (C=O) groups is 2. The Hall–Kier alpha value is -2.47. The second kappa shape index (κ2) is 6.44. The van der Waals surface area contributed by atoms with Crippen LogP contribution in [0.3, 0.4) is 0 Å². The van der Waals surface area contributed by atoms with Crippen LogP contribution in [0.2, 0.25) is 0 Å². The summed E-state index contributed by atoms with van der Waals surface area (Å²) in [5, 5.41) is 4.14. The van der Waals surface area contributed by atoms with Gasteiger partial charge in [0, 0.05) is 22.1 Å². The van der Waals surface area contributed by atoms with Crippen LogP contribution < -0.4 is 10.3 Å². The van der Waals surface area contributed by atoms with E-state index in [0.717, 1.165) is 28.6 Å². The molecule has 2 aliphatic rings. The smallest absolute Gasteiger partial charge is 0.279 e. The number of hydrazone groups is 1. The second-order valence-electron chi connectivity index (χ2n) is 6.29. The number of benzene rings is 2. The monoisotopic (exact) mass is 397 g/mol. The lowest BCUT2D eigenvalue weighted by Gasteiger charge is -2.15. The Morgan fingerprint density at radius 1 is 1.20 bits per heavy atom. The summed E-state index contributed by atoms with van der Waals surface area (Å²) in [6, 6.07) is 14.6. The van der Waals surface area contributed by atoms with Gasteiger partial charge in [-0.15, -0.1) is 0 Å². The maximum absolute atomic E-state index is 12.8. The number of fused-ring (bicyclic) bond motifs is 1. The van der Waals surface area contributed by atoms with E-state index < -0.39 is 0 Å². The first kappa shape index (κ1) is 16.0. The van der Waals surface area contributed by atoms with Gasteiger partial charge in [-0.2, -0.15) is 5.10 Å². The fourth-order valence-corrected chi connectivity index (χ4v) is 3.31. The zero-order chi connectivity index (χ0) is 17.4. The number of anilines is 1. The minimum absolute atomic E-state index is 0.150. The molecule has 0 spiro atoms. The quantitative estimate of drug-likeness (QED) is 0.804. The van der Waals surface area contributed by atoms with Crippen LogP contribution in [0.5, 0.6) is 0 Å². The van der Waals surface area contributed by atoms with E-state index in [-0.39, 0.29) is 11.8 Å². The largest absolute Gasteiger partial charge is 0.306 e. The second-order valence-corrected chi connectivity index (χ2v) is 7.20. The van der Waals surface area contributed by atoms with Crippen LogP contribution in [0.25, 0.3) is 0 Å². The van der Waals surface area contributed by atoms with Crippen molar-refractivity contribution in [2.24, 2.45) is 11.0 Å². The van der Waals surface area contributed by atoms with Gasteiger partial charge in [-0.25, -0.2) is 5.43 Å². The predicted octanol–water partition coefficient (Wildman–Crippen LogP) is 3.34. The lowest BCUT2D eigenvalue weighted by Crippen LogP contribution is -2.33. The first-order valence-electron chi connectivity index (χ1n) is 8.18. The summed E-state index contributed by atoms with van der Waals surface area (Å²) in [7, 11) is 0. The van der Waals surface area contributed by atoms with Crippen LogP contribution in [0.4, 0.5) is 5.69 Å². The number of hydrogen-bond acceptors (Lipinski definition) is 3. The van der Waals surface area contributed by atoms with Gasteiger partial charge in [0.2, 0.25) is 0 Å². The van der Waals surface area contributed by atoms with Gasteiger partial charge in [0.1, 0.15) is 0 Å². The zero-order valence-corrected chi connectivity index (χ0v) is 15.0. The van der Waals surface area contributed by atoms with E-state index in [1.807, 2.05) is 30.3 Å². The average Bonchev–Trinajstić information content (AvgIpc) is 3.40. The highest BCUT2D eigenvalue weighted by Crippen LogP contribution is 2.35. The third kappa shape index (κ3) is 3.22. The van der Waals surface area contributed by atoms with Gasteiger partial charge in [-0.1, -0.05) is 40.2 Å². The molecule has 1 fully saturated rings. The third-order valence-electron chi connectivity index (χ3n) is 4.39. The number of halogens is 1. The number of carbonyl (C=O) groups excluding carboxylic acids is 2. The highest BCUT2D eigenvalue weighted by Gasteiger charge is 2.37. The van der Waals surface area contributed by atoms with Crippen LogP contribution in [0.1, 0.15) is 28.8 Å². The maximum Gasteiger partial charge on any atom is 0.279 e. The van der Waals surface area contributed by atoms with Crippen molar-refractivity contribution in [2.45, 2.75) is 12.8 Å². The maximum atomic E-state index is 12.8. The molecule has 0 saturated heterocycles. The molecule has 2 aromatic rings. The lowest BCUT2D eigenvalue weighted by atomic mass is 10.1. The average molecular weight is 398 g/mol. The minimum atomic E-state index is -0.347. The van der Waals surface area contributed by atoms with Gasteiger partial charge in [-0.05, 0) is 43.0 Å². The SMILES string of the molecule is O=C(N/N=C1/C(=O)N(CC2CC2)c2ccccc21)c1cccc(Br)c1. The molecule has 0 bridgehead atoms. The van der Waals surface area contributed by atoms with Gasteiger partial charge in [0.15, 0.2) is 5.71 Å². The number of amides is 2. The molecule has 4 rings (SSSR count). The first-order chi connectivity index (χ1) is 12.1. The van der Waals surface area contributed by atoms with E-state index >= 15 is 0 Å². The van der Waals surface area contributed by atoms with Gasteiger partial charge in [0.25, 0.3) is 11.8 Å². The Morgan fingerprint density at radius 2 is 2.00 bits per heavy atom. The van der Waals surface area contributed by atoms with Crippen LogP contribution in [0, 0.1) is 5.92 Å². The van der Waals surface area contributed by atoms with Gasteiger partial charge in [-0.3, -0.25) is 9.59 Å². The van der Waals surface area contributed by atoms with Crippen LogP contribution >= 0.6 is 15.9 Å². The molecule has 0 radical (unpaired) electrons. The summed E-state index contributed by atoms with van der Waals surface area (Å²) in [6.07, 6.45) is 2.33. The lowest BCUT2D eigenvalue weighted by molar-refractivity contribution is -0.112. The minimum Gasteiger partial charge on any atom is -0.306 e. The first-order valence-corrected chi connectivity index (χ1v) is 8.97. The summed E-state index contributed by atoms with van der Waals surface area (Å²) >= 11 is 3.34. The highest BCUT2D eigenvalue weighted by molar-refractivity contribution is 9.10. The van der Waals surface area contributed by atoms with Gasteiger partial charge in [0.05, 0.1) is 5.69 Å². The number of nitrogens with zero attached hydrogens (tertiary/aromatic N) is 2. The van der Waals surface area contributed by atoms with E-state index in [1.165, 1.54) is 0 Å². The van der Waals surface area contributed by atoms with Crippen molar-refractivity contribution < 1.29 is 9.59 Å². The van der Waals surface area contributed by atoms with E-state index in [4.69, 9.17) is 0 Å². The van der Waals surface area contributed by atoms with Crippen molar-refractivity contribution in [2.75, 3.05) is 11.4 Å². The van der Waals surface area contributed by atoms with Crippen molar-refractivity contribution in [1.82, 2.24) is 5.43 Å². The van der Waals surface area contributed by atoms with Gasteiger partial charge < -0.3 is 4.90 Å². The highest BCUT2D eigenvalue weighted by atomic mass is 79.9. The van der Waals surface area contributed by atoms with E-state index in [1.54, 1.807) is 23.1 Å². The Bertz CT molecular complexity index is 890. The van der Waals surface area contributed by atoms with Crippen LogP contribution in [0.15, 0.2) is 58.1 Å². The molecule has 126 valence electrons. The molecule has 1 saturated carbocycles. The molecule has 0 atom stereocenters. The molecule has 0 unspecified atom stereocenters. The fourth-order valence-electron chi connectivity index (χ4n) is 2.91. The van der Waals surface area contributed by atoms with Crippen molar-refractivity contribution >= 4 is 39.1 Å². The number of rotatable bonds is 4. The van der Waals surface area contributed by atoms with Crippen molar-refractivity contribution in [3.63, 3.8) is 0 Å². The molecule has 1 heterocycles. The molecule has 1 aliphatic heterocycles. The van der Waals surface area contributed by atoms with Crippen molar-refractivity contribution in [3.8, 4) is 0 Å². The topological polar surface area (TPSA) is 61.8 Å². The molecule has 2 aromatic carbocycles. The van der Waals surface area contributed by atoms with Gasteiger partial charge >= 0.3 is 0 Å². The zero-order valence-electron chi connectivity index (χ0n) is 13.4. The Morgan fingerprint density at radius 3 is 2.76 bits per heavy atom. The normalized spacial score (nSPS) is 17.7. The Balaban J connectivity index is 1.59. The molecule has 25 heavy (non-hydrogen) atoms. The van der Waals surface area contributed by atoms with E-state index in [9.17, 15) is 9.59 Å².